The highest BCUT2D eigenvalue weighted by Crippen LogP contribution is 2.26. The number of hydrogen-bond acceptors (Lipinski definition) is 3. The van der Waals surface area contributed by atoms with E-state index in [1.807, 2.05) is 26.8 Å². The van der Waals surface area contributed by atoms with Crippen LogP contribution in [0.5, 0.6) is 0 Å². The molecule has 0 aliphatic carbocycles. The first-order valence-corrected chi connectivity index (χ1v) is 5.73. The highest BCUT2D eigenvalue weighted by Gasteiger charge is 2.31. The predicted molar refractivity (Wildman–Crippen MR) is 64.5 cm³/mol. The number of hydrogen-bond donors (Lipinski definition) is 0. The summed E-state index contributed by atoms with van der Waals surface area (Å²) >= 11 is 0. The number of nitriles is 1. The lowest BCUT2D eigenvalue weighted by atomic mass is 9.41. The highest BCUT2D eigenvalue weighted by molar-refractivity contribution is 6.88. The third kappa shape index (κ3) is 4.10. The highest BCUT2D eigenvalue weighted by atomic mass is 16.5. The van der Waals surface area contributed by atoms with Gasteiger partial charge in [0.25, 0.3) is 12.6 Å². The van der Waals surface area contributed by atoms with Crippen LogP contribution in [0.2, 0.25) is 12.6 Å². The van der Waals surface area contributed by atoms with Crippen LogP contribution in [0.25, 0.3) is 0 Å². The van der Waals surface area contributed by atoms with E-state index < -0.39 is 5.60 Å². The summed E-state index contributed by atoms with van der Waals surface area (Å²) < 4.78 is 5.35. The maximum absolute atomic E-state index is 11.8. The van der Waals surface area contributed by atoms with E-state index in [1.54, 1.807) is 6.08 Å². The number of allylic oxidation sites excluding steroid dienone is 2. The molecule has 0 amide bonds. The molecule has 0 aromatic rings. The number of carbonyl (C=O) groups is 1. The number of carbonyl (C=O) groups excluding carboxylic acids is 1. The molecular weight excluding hydrogens is 201 g/mol. The third-order valence-electron chi connectivity index (χ3n) is 2.64. The second kappa shape index (κ2) is 5.20. The fraction of sp³-hybridized carbons (Fsp3) is 0.667. The zero-order valence-corrected chi connectivity index (χ0v) is 10.2. The molecule has 1 aliphatic rings. The van der Waals surface area contributed by atoms with Gasteiger partial charge in [0, 0.05) is 6.08 Å². The van der Waals surface area contributed by atoms with Crippen LogP contribution in [-0.2, 0) is 4.74 Å². The smallest absolute Gasteiger partial charge is 0.278 e. The SMILES string of the molecule is CC(C)(C)OC(=O)B1CCC(=CC#N)CC1. The van der Waals surface area contributed by atoms with Gasteiger partial charge in [-0.3, -0.25) is 4.79 Å². The molecule has 0 spiro atoms. The molecule has 1 heterocycles. The second-order valence-corrected chi connectivity index (χ2v) is 5.24. The molecule has 0 aromatic carbocycles. The number of rotatable bonds is 1. The largest absolute Gasteiger partial charge is 0.468 e. The third-order valence-corrected chi connectivity index (χ3v) is 2.64. The van der Waals surface area contributed by atoms with Crippen LogP contribution in [-0.4, -0.2) is 18.2 Å². The summed E-state index contributed by atoms with van der Waals surface area (Å²) in [6, 6.07) is 2.04. The molecule has 16 heavy (non-hydrogen) atoms. The maximum Gasteiger partial charge on any atom is 0.278 e. The molecule has 0 atom stereocenters. The van der Waals surface area contributed by atoms with Crippen LogP contribution in [0, 0.1) is 11.3 Å². The Hall–Kier alpha value is -1.24. The lowest BCUT2D eigenvalue weighted by molar-refractivity contribution is 0.0708. The van der Waals surface area contributed by atoms with Crippen molar-refractivity contribution in [2.75, 3.05) is 0 Å². The minimum atomic E-state index is -0.403. The van der Waals surface area contributed by atoms with Crippen LogP contribution in [0.4, 0.5) is 4.79 Å². The van der Waals surface area contributed by atoms with Crippen LogP contribution in [0.1, 0.15) is 33.6 Å². The monoisotopic (exact) mass is 219 g/mol. The van der Waals surface area contributed by atoms with Gasteiger partial charge in [0.05, 0.1) is 6.07 Å². The number of ether oxygens (including phenoxy) is 1. The molecular formula is C12H18BNO2. The normalized spacial score (nSPS) is 16.6. The van der Waals surface area contributed by atoms with Crippen molar-refractivity contribution in [3.05, 3.63) is 11.6 Å². The summed E-state index contributed by atoms with van der Waals surface area (Å²) in [5, 5.41) is 8.53. The van der Waals surface area contributed by atoms with Gasteiger partial charge in [-0.2, -0.15) is 5.26 Å². The van der Waals surface area contributed by atoms with Gasteiger partial charge >= 0.3 is 0 Å². The van der Waals surface area contributed by atoms with E-state index in [-0.39, 0.29) is 12.6 Å². The van der Waals surface area contributed by atoms with Gasteiger partial charge in [-0.25, -0.2) is 0 Å². The van der Waals surface area contributed by atoms with E-state index in [0.29, 0.717) is 0 Å². The summed E-state index contributed by atoms with van der Waals surface area (Å²) in [6.45, 7) is 5.66. The first-order chi connectivity index (χ1) is 7.42. The van der Waals surface area contributed by atoms with Crippen molar-refractivity contribution in [1.82, 2.24) is 0 Å². The van der Waals surface area contributed by atoms with Gasteiger partial charge in [-0.15, -0.1) is 0 Å². The molecule has 1 aliphatic heterocycles. The summed E-state index contributed by atoms with van der Waals surface area (Å²) in [4.78, 5) is 11.8. The van der Waals surface area contributed by atoms with Crippen molar-refractivity contribution in [2.45, 2.75) is 51.9 Å². The van der Waals surface area contributed by atoms with Crippen molar-refractivity contribution < 1.29 is 9.53 Å². The quantitative estimate of drug-likeness (QED) is 0.502. The lowest BCUT2D eigenvalue weighted by Crippen LogP contribution is -2.35. The Balaban J connectivity index is 2.46. The van der Waals surface area contributed by atoms with Crippen molar-refractivity contribution in [3.8, 4) is 6.07 Å². The van der Waals surface area contributed by atoms with Crippen LogP contribution in [0.3, 0.4) is 0 Å². The summed E-state index contributed by atoms with van der Waals surface area (Å²) in [5.41, 5.74) is 0.752. The van der Waals surface area contributed by atoms with Gasteiger partial charge < -0.3 is 4.74 Å². The summed E-state index contributed by atoms with van der Waals surface area (Å²) in [5.74, 6) is -0.0940. The van der Waals surface area contributed by atoms with Gasteiger partial charge in [0.15, 0.2) is 0 Å². The molecule has 86 valence electrons. The molecule has 0 radical (unpaired) electrons. The molecule has 1 saturated heterocycles. The van der Waals surface area contributed by atoms with Gasteiger partial charge in [0.2, 0.25) is 0 Å². The molecule has 1 rings (SSSR count). The van der Waals surface area contributed by atoms with E-state index in [1.165, 1.54) is 0 Å². The Bertz CT molecular complexity index is 326. The molecule has 0 bridgehead atoms. The first kappa shape index (κ1) is 12.8. The van der Waals surface area contributed by atoms with Crippen molar-refractivity contribution in [2.24, 2.45) is 0 Å². The topological polar surface area (TPSA) is 50.1 Å². The first-order valence-electron chi connectivity index (χ1n) is 5.73. The fourth-order valence-electron chi connectivity index (χ4n) is 1.85. The Morgan fingerprint density at radius 2 is 2.00 bits per heavy atom. The average molecular weight is 219 g/mol. The van der Waals surface area contributed by atoms with Gasteiger partial charge in [-0.1, -0.05) is 18.2 Å². The fourth-order valence-corrected chi connectivity index (χ4v) is 1.85. The molecule has 0 N–H and O–H groups in total. The van der Waals surface area contributed by atoms with Crippen LogP contribution in [0.15, 0.2) is 11.6 Å². The Labute approximate surface area is 97.5 Å². The second-order valence-electron chi connectivity index (χ2n) is 5.24. The average Bonchev–Trinajstić information content (AvgIpc) is 2.16. The van der Waals surface area contributed by atoms with Crippen molar-refractivity contribution in [3.63, 3.8) is 0 Å². The maximum atomic E-state index is 11.8. The number of nitrogens with zero attached hydrogens (tertiary/aromatic N) is 1. The predicted octanol–water partition coefficient (Wildman–Crippen LogP) is 3.24. The van der Waals surface area contributed by atoms with Crippen molar-refractivity contribution in [1.29, 1.82) is 5.26 Å². The Kier molecular flexibility index (Phi) is 4.17. The van der Waals surface area contributed by atoms with Crippen LogP contribution >= 0.6 is 0 Å². The Morgan fingerprint density at radius 1 is 1.44 bits per heavy atom. The van der Waals surface area contributed by atoms with E-state index in [2.05, 4.69) is 0 Å². The minimum absolute atomic E-state index is 0.00932. The standard InChI is InChI=1S/C12H18BNO2/c1-12(2,3)16-11(15)13-7-4-10(5-8-13)6-9-14/h6H,4-5,7-8H2,1-3H3. The van der Waals surface area contributed by atoms with Crippen LogP contribution < -0.4 is 0 Å². The molecule has 0 unspecified atom stereocenters. The van der Waals surface area contributed by atoms with E-state index >= 15 is 0 Å². The molecule has 1 fully saturated rings. The van der Waals surface area contributed by atoms with E-state index in [0.717, 1.165) is 31.1 Å². The zero-order valence-electron chi connectivity index (χ0n) is 10.2. The molecule has 0 saturated carbocycles. The van der Waals surface area contributed by atoms with Crippen molar-refractivity contribution >= 4 is 12.6 Å². The minimum Gasteiger partial charge on any atom is -0.468 e. The Morgan fingerprint density at radius 3 is 2.44 bits per heavy atom. The summed E-state index contributed by atoms with van der Waals surface area (Å²) in [7, 11) is 0. The molecule has 0 aromatic heterocycles. The van der Waals surface area contributed by atoms with Gasteiger partial charge in [0.1, 0.15) is 5.60 Å². The summed E-state index contributed by atoms with van der Waals surface area (Å²) in [6.07, 6.45) is 4.91. The molecule has 3 nitrogen and oxygen atoms in total. The molecule has 4 heteroatoms. The van der Waals surface area contributed by atoms with E-state index in [4.69, 9.17) is 10.00 Å². The zero-order chi connectivity index (χ0) is 12.2. The van der Waals surface area contributed by atoms with Gasteiger partial charge in [-0.05, 0) is 33.6 Å². The van der Waals surface area contributed by atoms with E-state index in [9.17, 15) is 4.79 Å². The lowest BCUT2D eigenvalue weighted by Gasteiger charge is -2.25.